The van der Waals surface area contributed by atoms with Crippen LogP contribution in [0.1, 0.15) is 28.9 Å². The highest BCUT2D eigenvalue weighted by Crippen LogP contribution is 2.28. The molecule has 0 saturated heterocycles. The van der Waals surface area contributed by atoms with E-state index >= 15 is 0 Å². The summed E-state index contributed by atoms with van der Waals surface area (Å²) in [6, 6.07) is 9.58. The Kier molecular flexibility index (Phi) is 5.05. The van der Waals surface area contributed by atoms with Gasteiger partial charge in [0.15, 0.2) is 0 Å². The van der Waals surface area contributed by atoms with E-state index in [2.05, 4.69) is 16.9 Å². The summed E-state index contributed by atoms with van der Waals surface area (Å²) in [7, 11) is 0. The number of amides is 2. The number of carbonyl (C=O) groups is 2. The number of hydrazine groups is 1. The van der Waals surface area contributed by atoms with Crippen LogP contribution in [0.15, 0.2) is 48.6 Å². The maximum Gasteiger partial charge on any atom is 0.279 e. The molecule has 0 bridgehead atoms. The largest absolute Gasteiger partial charge is 0.279 e. The van der Waals surface area contributed by atoms with E-state index in [0.717, 1.165) is 23.3 Å². The van der Waals surface area contributed by atoms with E-state index < -0.39 is 0 Å². The van der Waals surface area contributed by atoms with Crippen molar-refractivity contribution in [1.82, 2.24) is 10.9 Å². The number of allylic oxidation sites excluding steroid dienone is 2. The average Bonchev–Trinajstić information content (AvgIpc) is 3.25. The second kappa shape index (κ2) is 7.40. The molecule has 6 heteroatoms. The van der Waals surface area contributed by atoms with Crippen LogP contribution < -0.4 is 10.9 Å². The van der Waals surface area contributed by atoms with Gasteiger partial charge in [0.1, 0.15) is 5.82 Å². The monoisotopic (exact) mass is 344 g/mol. The van der Waals surface area contributed by atoms with Gasteiger partial charge in [-0.05, 0) is 48.6 Å². The van der Waals surface area contributed by atoms with Gasteiger partial charge in [0, 0.05) is 11.3 Å². The number of rotatable bonds is 4. The molecule has 0 saturated carbocycles. The van der Waals surface area contributed by atoms with Crippen molar-refractivity contribution < 1.29 is 14.0 Å². The van der Waals surface area contributed by atoms with Gasteiger partial charge in [0.2, 0.25) is 5.91 Å². The highest BCUT2D eigenvalue weighted by Gasteiger charge is 2.15. The third kappa shape index (κ3) is 4.08. The van der Waals surface area contributed by atoms with Crippen molar-refractivity contribution in [2.24, 2.45) is 5.92 Å². The van der Waals surface area contributed by atoms with Crippen LogP contribution >= 0.6 is 11.3 Å². The smallest absolute Gasteiger partial charge is 0.273 e. The normalized spacial score (nSPS) is 16.1. The van der Waals surface area contributed by atoms with Gasteiger partial charge in [-0.2, -0.15) is 0 Å². The molecule has 4 nitrogen and oxygen atoms in total. The Morgan fingerprint density at radius 2 is 1.92 bits per heavy atom. The zero-order valence-corrected chi connectivity index (χ0v) is 13.7. The fraction of sp³-hybridized carbons (Fsp3) is 0.222. The molecule has 0 radical (unpaired) electrons. The lowest BCUT2D eigenvalue weighted by atomic mass is 10.1. The molecule has 1 aliphatic rings. The zero-order valence-electron chi connectivity index (χ0n) is 12.9. The van der Waals surface area contributed by atoms with Gasteiger partial charge in [-0.25, -0.2) is 4.39 Å². The number of nitrogens with one attached hydrogen (secondary N) is 2. The Morgan fingerprint density at radius 3 is 2.62 bits per heavy atom. The molecule has 1 heterocycles. The van der Waals surface area contributed by atoms with Gasteiger partial charge >= 0.3 is 0 Å². The lowest BCUT2D eigenvalue weighted by Crippen LogP contribution is -2.41. The predicted octanol–water partition coefficient (Wildman–Crippen LogP) is 3.67. The molecular weight excluding hydrogens is 327 g/mol. The minimum absolute atomic E-state index is 0.199. The van der Waals surface area contributed by atoms with E-state index in [-0.39, 0.29) is 23.5 Å². The summed E-state index contributed by atoms with van der Waals surface area (Å²) in [5.74, 6) is -0.597. The van der Waals surface area contributed by atoms with Crippen LogP contribution in [0.5, 0.6) is 0 Å². The van der Waals surface area contributed by atoms with Crippen molar-refractivity contribution in [3.63, 3.8) is 0 Å². The molecule has 0 unspecified atom stereocenters. The zero-order chi connectivity index (χ0) is 16.9. The van der Waals surface area contributed by atoms with Crippen LogP contribution in [-0.4, -0.2) is 11.8 Å². The molecule has 0 spiro atoms. The van der Waals surface area contributed by atoms with Crippen molar-refractivity contribution in [1.29, 1.82) is 0 Å². The first-order valence-corrected chi connectivity index (χ1v) is 8.55. The Morgan fingerprint density at radius 1 is 1.12 bits per heavy atom. The molecule has 0 fully saturated rings. The van der Waals surface area contributed by atoms with E-state index in [0.29, 0.717) is 11.3 Å². The van der Waals surface area contributed by atoms with E-state index in [4.69, 9.17) is 0 Å². The lowest BCUT2D eigenvalue weighted by molar-refractivity contribution is -0.122. The van der Waals surface area contributed by atoms with Crippen molar-refractivity contribution in [2.75, 3.05) is 0 Å². The predicted molar refractivity (Wildman–Crippen MR) is 91.8 cm³/mol. The third-order valence-electron chi connectivity index (χ3n) is 3.83. The highest BCUT2D eigenvalue weighted by atomic mass is 32.1. The van der Waals surface area contributed by atoms with Gasteiger partial charge in [0.25, 0.3) is 5.91 Å². The molecular formula is C18H17FN2O2S. The molecule has 2 N–H and O–H groups in total. The van der Waals surface area contributed by atoms with Gasteiger partial charge in [0.05, 0.1) is 4.88 Å². The standard InChI is InChI=1S/C18H17FN2O2S/c19-14-7-5-13(6-8-14)15-9-10-16(24-15)18(23)21-20-17(22)11-12-3-1-2-4-12/h1,3,5-10,12H,2,4,11H2,(H,20,22)(H,21,23)/t12-/m1/s1. The van der Waals surface area contributed by atoms with Crippen molar-refractivity contribution in [3.05, 3.63) is 59.2 Å². The first-order valence-electron chi connectivity index (χ1n) is 7.73. The van der Waals surface area contributed by atoms with Crippen LogP contribution in [0.2, 0.25) is 0 Å². The topological polar surface area (TPSA) is 58.2 Å². The third-order valence-corrected chi connectivity index (χ3v) is 4.97. The van der Waals surface area contributed by atoms with Crippen molar-refractivity contribution >= 4 is 23.2 Å². The first kappa shape index (κ1) is 16.4. The van der Waals surface area contributed by atoms with E-state index in [9.17, 15) is 14.0 Å². The maximum atomic E-state index is 13.0. The van der Waals surface area contributed by atoms with E-state index in [1.807, 2.05) is 6.08 Å². The van der Waals surface area contributed by atoms with Crippen LogP contribution in [0.4, 0.5) is 4.39 Å². The molecule has 1 aliphatic carbocycles. The summed E-state index contributed by atoms with van der Waals surface area (Å²) >= 11 is 1.29. The lowest BCUT2D eigenvalue weighted by Gasteiger charge is -2.09. The molecule has 1 aromatic heterocycles. The molecule has 1 atom stereocenters. The van der Waals surface area contributed by atoms with Crippen LogP contribution in [0, 0.1) is 11.7 Å². The number of halogens is 1. The number of benzene rings is 1. The Labute approximate surface area is 143 Å². The van der Waals surface area contributed by atoms with E-state index in [1.165, 1.54) is 23.5 Å². The van der Waals surface area contributed by atoms with Crippen LogP contribution in [-0.2, 0) is 4.79 Å². The first-order chi connectivity index (χ1) is 11.6. The fourth-order valence-electron chi connectivity index (χ4n) is 2.57. The summed E-state index contributed by atoms with van der Waals surface area (Å²) in [5.41, 5.74) is 5.73. The molecule has 3 rings (SSSR count). The number of hydrogen-bond acceptors (Lipinski definition) is 3. The molecule has 2 amide bonds. The van der Waals surface area contributed by atoms with Crippen molar-refractivity contribution in [3.8, 4) is 10.4 Å². The molecule has 24 heavy (non-hydrogen) atoms. The maximum absolute atomic E-state index is 13.0. The summed E-state index contributed by atoms with van der Waals surface area (Å²) in [6.07, 6.45) is 6.47. The Balaban J connectivity index is 1.54. The fourth-order valence-corrected chi connectivity index (χ4v) is 3.48. The quantitative estimate of drug-likeness (QED) is 0.657. The minimum Gasteiger partial charge on any atom is -0.273 e. The second-order valence-corrected chi connectivity index (χ2v) is 6.73. The average molecular weight is 344 g/mol. The molecule has 1 aromatic carbocycles. The second-order valence-electron chi connectivity index (χ2n) is 5.64. The number of thiophene rings is 1. The summed E-state index contributed by atoms with van der Waals surface area (Å²) in [5, 5.41) is 0. The number of carbonyl (C=O) groups excluding carboxylic acids is 2. The number of hydrogen-bond donors (Lipinski definition) is 2. The van der Waals surface area contributed by atoms with E-state index in [1.54, 1.807) is 24.3 Å². The van der Waals surface area contributed by atoms with Gasteiger partial charge in [-0.1, -0.05) is 24.3 Å². The van der Waals surface area contributed by atoms with Gasteiger partial charge < -0.3 is 0 Å². The highest BCUT2D eigenvalue weighted by molar-refractivity contribution is 7.17. The molecule has 0 aliphatic heterocycles. The van der Waals surface area contributed by atoms with Crippen molar-refractivity contribution in [2.45, 2.75) is 19.3 Å². The SMILES string of the molecule is O=C(C[C@@H]1C=CCC1)NNC(=O)c1ccc(-c2ccc(F)cc2)s1. The Bertz CT molecular complexity index is 768. The molecule has 2 aromatic rings. The Hall–Kier alpha value is -2.47. The van der Waals surface area contributed by atoms with Gasteiger partial charge in [-0.3, -0.25) is 20.4 Å². The van der Waals surface area contributed by atoms with Crippen LogP contribution in [0.25, 0.3) is 10.4 Å². The molecule has 124 valence electrons. The summed E-state index contributed by atoms with van der Waals surface area (Å²) in [6.45, 7) is 0. The van der Waals surface area contributed by atoms with Gasteiger partial charge in [-0.15, -0.1) is 11.3 Å². The summed E-state index contributed by atoms with van der Waals surface area (Å²) in [4.78, 5) is 25.2. The summed E-state index contributed by atoms with van der Waals surface area (Å²) < 4.78 is 13.0. The minimum atomic E-state index is -0.358. The van der Waals surface area contributed by atoms with Crippen LogP contribution in [0.3, 0.4) is 0 Å².